The van der Waals surface area contributed by atoms with Crippen molar-refractivity contribution in [2.45, 2.75) is 31.4 Å². The normalized spacial score (nSPS) is 32.8. The summed E-state index contributed by atoms with van der Waals surface area (Å²) < 4.78 is 0. The largest absolute Gasteiger partial charge is 0.159 e. The summed E-state index contributed by atoms with van der Waals surface area (Å²) in [4.78, 5) is 0. The molecule has 1 atom stereocenters. The van der Waals surface area contributed by atoms with Crippen molar-refractivity contribution in [2.24, 2.45) is 0 Å². The highest BCUT2D eigenvalue weighted by molar-refractivity contribution is 7.99. The second-order valence-electron chi connectivity index (χ2n) is 2.53. The molecule has 1 unspecified atom stereocenters. The zero-order valence-electron chi connectivity index (χ0n) is 5.97. The van der Waals surface area contributed by atoms with Crippen molar-refractivity contribution < 1.29 is 0 Å². The van der Waals surface area contributed by atoms with Crippen LogP contribution in [0.2, 0.25) is 0 Å². The van der Waals surface area contributed by atoms with Crippen molar-refractivity contribution in [2.75, 3.05) is 5.75 Å². The molecule has 0 aromatic rings. The fourth-order valence-corrected chi connectivity index (χ4v) is 1.94. The summed E-state index contributed by atoms with van der Waals surface area (Å²) in [5.41, 5.74) is 0. The van der Waals surface area contributed by atoms with E-state index in [1.807, 2.05) is 0 Å². The Labute approximate surface area is 61.7 Å². The standard InChI is InChI=1S/C8H14S/c1-8-6-4-2-3-5-7-9-8/h2,4,8H,3,5-7H2,1H3/b4-2-. The Bertz CT molecular complexity index is 96.7. The Morgan fingerprint density at radius 1 is 1.44 bits per heavy atom. The second-order valence-corrected chi connectivity index (χ2v) is 4.08. The van der Waals surface area contributed by atoms with Gasteiger partial charge >= 0.3 is 0 Å². The Hall–Kier alpha value is 0.0900. The third kappa shape index (κ3) is 2.95. The molecule has 9 heavy (non-hydrogen) atoms. The molecule has 0 aromatic heterocycles. The van der Waals surface area contributed by atoms with E-state index in [1.54, 1.807) is 0 Å². The Morgan fingerprint density at radius 3 is 3.22 bits per heavy atom. The van der Waals surface area contributed by atoms with Gasteiger partial charge in [-0.2, -0.15) is 11.8 Å². The summed E-state index contributed by atoms with van der Waals surface area (Å²) in [6.07, 6.45) is 8.56. The van der Waals surface area contributed by atoms with E-state index in [0.29, 0.717) is 0 Å². The van der Waals surface area contributed by atoms with E-state index in [4.69, 9.17) is 0 Å². The summed E-state index contributed by atoms with van der Waals surface area (Å²) in [6.45, 7) is 2.31. The lowest BCUT2D eigenvalue weighted by atomic mass is 10.2. The third-order valence-electron chi connectivity index (χ3n) is 1.55. The minimum atomic E-state index is 0.849. The van der Waals surface area contributed by atoms with Crippen molar-refractivity contribution in [3.63, 3.8) is 0 Å². The lowest BCUT2D eigenvalue weighted by Crippen LogP contribution is -1.97. The molecule has 0 spiro atoms. The molecule has 0 N–H and O–H groups in total. The molecule has 0 fully saturated rings. The first kappa shape index (κ1) is 7.20. The monoisotopic (exact) mass is 142 g/mol. The van der Waals surface area contributed by atoms with Gasteiger partial charge in [0.15, 0.2) is 0 Å². The Kier molecular flexibility index (Phi) is 3.20. The molecule has 0 aliphatic carbocycles. The van der Waals surface area contributed by atoms with Gasteiger partial charge in [0, 0.05) is 5.25 Å². The first-order valence-electron chi connectivity index (χ1n) is 3.66. The van der Waals surface area contributed by atoms with E-state index in [-0.39, 0.29) is 0 Å². The van der Waals surface area contributed by atoms with Gasteiger partial charge in [0.1, 0.15) is 0 Å². The van der Waals surface area contributed by atoms with E-state index in [9.17, 15) is 0 Å². The number of hydrogen-bond donors (Lipinski definition) is 0. The van der Waals surface area contributed by atoms with Crippen LogP contribution in [-0.4, -0.2) is 11.0 Å². The number of allylic oxidation sites excluding steroid dienone is 2. The highest BCUT2D eigenvalue weighted by atomic mass is 32.2. The molecule has 0 saturated heterocycles. The minimum absolute atomic E-state index is 0.849. The van der Waals surface area contributed by atoms with E-state index in [1.165, 1.54) is 25.0 Å². The van der Waals surface area contributed by atoms with Gasteiger partial charge < -0.3 is 0 Å². The molecule has 0 aromatic carbocycles. The highest BCUT2D eigenvalue weighted by Gasteiger charge is 2.00. The average Bonchev–Trinajstić information content (AvgIpc) is 1.79. The van der Waals surface area contributed by atoms with Gasteiger partial charge in [0.05, 0.1) is 0 Å². The molecule has 1 heterocycles. The van der Waals surface area contributed by atoms with E-state index in [2.05, 4.69) is 30.8 Å². The maximum atomic E-state index is 2.32. The second kappa shape index (κ2) is 3.99. The molecule has 0 amide bonds. The maximum absolute atomic E-state index is 2.32. The van der Waals surface area contributed by atoms with Crippen LogP contribution in [0.3, 0.4) is 0 Å². The third-order valence-corrected chi connectivity index (χ3v) is 2.84. The summed E-state index contributed by atoms with van der Waals surface area (Å²) >= 11 is 2.10. The van der Waals surface area contributed by atoms with Gasteiger partial charge in [-0.1, -0.05) is 19.1 Å². The van der Waals surface area contributed by atoms with Gasteiger partial charge in [-0.15, -0.1) is 0 Å². The van der Waals surface area contributed by atoms with Crippen LogP contribution in [0.25, 0.3) is 0 Å². The van der Waals surface area contributed by atoms with Crippen LogP contribution in [0, 0.1) is 0 Å². The molecule has 0 bridgehead atoms. The predicted octanol–water partition coefficient (Wildman–Crippen LogP) is 2.85. The fourth-order valence-electron chi connectivity index (χ4n) is 0.959. The number of thioether (sulfide) groups is 1. The van der Waals surface area contributed by atoms with E-state index >= 15 is 0 Å². The molecular weight excluding hydrogens is 128 g/mol. The molecule has 1 heteroatoms. The van der Waals surface area contributed by atoms with Crippen LogP contribution >= 0.6 is 11.8 Å². The van der Waals surface area contributed by atoms with Crippen molar-refractivity contribution >= 4 is 11.8 Å². The molecule has 52 valence electrons. The SMILES string of the molecule is CC1C/C=C\CCCS1. The molecule has 1 aliphatic heterocycles. The number of rotatable bonds is 0. The summed E-state index contributed by atoms with van der Waals surface area (Å²) in [5, 5.41) is 0.849. The highest BCUT2D eigenvalue weighted by Crippen LogP contribution is 2.18. The number of hydrogen-bond acceptors (Lipinski definition) is 1. The van der Waals surface area contributed by atoms with Gasteiger partial charge in [-0.05, 0) is 25.0 Å². The summed E-state index contributed by atoms with van der Waals surface area (Å²) in [7, 11) is 0. The predicted molar refractivity (Wildman–Crippen MR) is 44.9 cm³/mol. The molecule has 0 saturated carbocycles. The van der Waals surface area contributed by atoms with Gasteiger partial charge in [0.2, 0.25) is 0 Å². The van der Waals surface area contributed by atoms with E-state index < -0.39 is 0 Å². The fraction of sp³-hybridized carbons (Fsp3) is 0.750. The van der Waals surface area contributed by atoms with Crippen LogP contribution in [0.5, 0.6) is 0 Å². The first-order valence-corrected chi connectivity index (χ1v) is 4.71. The average molecular weight is 142 g/mol. The zero-order chi connectivity index (χ0) is 6.53. The zero-order valence-corrected chi connectivity index (χ0v) is 6.79. The molecule has 0 radical (unpaired) electrons. The van der Waals surface area contributed by atoms with Crippen LogP contribution in [0.1, 0.15) is 26.2 Å². The van der Waals surface area contributed by atoms with Gasteiger partial charge in [0.25, 0.3) is 0 Å². The van der Waals surface area contributed by atoms with Crippen molar-refractivity contribution in [3.05, 3.63) is 12.2 Å². The van der Waals surface area contributed by atoms with Gasteiger partial charge in [-0.3, -0.25) is 0 Å². The lowest BCUT2D eigenvalue weighted by molar-refractivity contribution is 0.907. The van der Waals surface area contributed by atoms with Crippen LogP contribution < -0.4 is 0 Å². The molecule has 0 nitrogen and oxygen atoms in total. The molecule has 1 aliphatic rings. The Balaban J connectivity index is 2.28. The summed E-state index contributed by atoms with van der Waals surface area (Å²) in [5.74, 6) is 1.35. The van der Waals surface area contributed by atoms with E-state index in [0.717, 1.165) is 5.25 Å². The van der Waals surface area contributed by atoms with Crippen LogP contribution in [0.15, 0.2) is 12.2 Å². The van der Waals surface area contributed by atoms with Gasteiger partial charge in [-0.25, -0.2) is 0 Å². The van der Waals surface area contributed by atoms with Crippen molar-refractivity contribution in [3.8, 4) is 0 Å². The smallest absolute Gasteiger partial charge is 0.00532 e. The quantitative estimate of drug-likeness (QED) is 0.469. The van der Waals surface area contributed by atoms with Crippen LogP contribution in [-0.2, 0) is 0 Å². The minimum Gasteiger partial charge on any atom is -0.159 e. The van der Waals surface area contributed by atoms with Crippen LogP contribution in [0.4, 0.5) is 0 Å². The maximum Gasteiger partial charge on any atom is 0.00532 e. The summed E-state index contributed by atoms with van der Waals surface area (Å²) in [6, 6.07) is 0. The topological polar surface area (TPSA) is 0 Å². The van der Waals surface area contributed by atoms with Crippen molar-refractivity contribution in [1.82, 2.24) is 0 Å². The lowest BCUT2D eigenvalue weighted by Gasteiger charge is -2.09. The molecular formula is C8H14S. The Morgan fingerprint density at radius 2 is 2.33 bits per heavy atom. The van der Waals surface area contributed by atoms with Crippen molar-refractivity contribution in [1.29, 1.82) is 0 Å². The first-order chi connectivity index (χ1) is 4.39. The molecule has 1 rings (SSSR count).